The van der Waals surface area contributed by atoms with Gasteiger partial charge in [0.2, 0.25) is 0 Å². The first-order chi connectivity index (χ1) is 5.57. The van der Waals surface area contributed by atoms with E-state index in [0.29, 0.717) is 6.92 Å². The molecular formula is C6H5Cl2F3O2. The van der Waals surface area contributed by atoms with Crippen LogP contribution in [-0.2, 0) is 4.79 Å². The number of alkyl halides is 5. The highest BCUT2D eigenvalue weighted by atomic mass is 35.5. The number of carbonyl (C=O) groups is 1. The van der Waals surface area contributed by atoms with Crippen LogP contribution in [-0.4, -0.2) is 21.6 Å². The highest BCUT2D eigenvalue weighted by Crippen LogP contribution is 2.74. The topological polar surface area (TPSA) is 37.3 Å². The van der Waals surface area contributed by atoms with Gasteiger partial charge >= 0.3 is 12.1 Å². The zero-order valence-electron chi connectivity index (χ0n) is 6.32. The molecule has 0 radical (unpaired) electrons. The van der Waals surface area contributed by atoms with Crippen molar-refractivity contribution in [2.75, 3.05) is 0 Å². The van der Waals surface area contributed by atoms with Crippen molar-refractivity contribution in [2.24, 2.45) is 11.3 Å². The van der Waals surface area contributed by atoms with Gasteiger partial charge in [0.15, 0.2) is 0 Å². The number of halogens is 5. The normalized spacial score (nSPS) is 37.2. The van der Waals surface area contributed by atoms with Gasteiger partial charge in [0.25, 0.3) is 0 Å². The van der Waals surface area contributed by atoms with Gasteiger partial charge in [-0.15, -0.1) is 0 Å². The highest BCUT2D eigenvalue weighted by Gasteiger charge is 2.87. The third kappa shape index (κ3) is 1.13. The molecule has 0 amide bonds. The average molecular weight is 237 g/mol. The van der Waals surface area contributed by atoms with Crippen molar-refractivity contribution in [2.45, 2.75) is 17.4 Å². The zero-order chi connectivity index (χ0) is 10.7. The fourth-order valence-corrected chi connectivity index (χ4v) is 2.23. The maximum absolute atomic E-state index is 12.3. The number of aliphatic carboxylic acids is 1. The molecule has 13 heavy (non-hydrogen) atoms. The van der Waals surface area contributed by atoms with Gasteiger partial charge in [-0.05, 0) is 6.92 Å². The summed E-state index contributed by atoms with van der Waals surface area (Å²) in [7, 11) is 0. The molecule has 0 aromatic rings. The first-order valence-electron chi connectivity index (χ1n) is 3.24. The Kier molecular flexibility index (Phi) is 2.06. The second kappa shape index (κ2) is 2.45. The standard InChI is InChI=1S/C6H5Cl2F3O2/c1-4(6(9,10)11)2(3(12)13)5(4,7)8/h2H,1H3,(H,12,13). The molecule has 1 N–H and O–H groups in total. The third-order valence-corrected chi connectivity index (χ3v) is 3.61. The molecule has 0 aromatic heterocycles. The lowest BCUT2D eigenvalue weighted by Crippen LogP contribution is -2.28. The van der Waals surface area contributed by atoms with Gasteiger partial charge in [-0.1, -0.05) is 23.2 Å². The molecule has 76 valence electrons. The molecule has 2 atom stereocenters. The molecule has 1 rings (SSSR count). The maximum atomic E-state index is 12.3. The molecule has 0 aliphatic heterocycles. The van der Waals surface area contributed by atoms with Crippen LogP contribution in [0.15, 0.2) is 0 Å². The largest absolute Gasteiger partial charge is 0.481 e. The van der Waals surface area contributed by atoms with Gasteiger partial charge in [0.05, 0.1) is 0 Å². The molecular weight excluding hydrogens is 232 g/mol. The molecule has 1 fully saturated rings. The summed E-state index contributed by atoms with van der Waals surface area (Å²) < 4.78 is 34.6. The molecule has 0 spiro atoms. The van der Waals surface area contributed by atoms with E-state index in [0.717, 1.165) is 0 Å². The van der Waals surface area contributed by atoms with Crippen molar-refractivity contribution in [3.05, 3.63) is 0 Å². The summed E-state index contributed by atoms with van der Waals surface area (Å²) >= 11 is 10.5. The van der Waals surface area contributed by atoms with E-state index in [4.69, 9.17) is 28.3 Å². The lowest BCUT2D eigenvalue weighted by atomic mass is 10.1. The summed E-state index contributed by atoms with van der Waals surface area (Å²) in [4.78, 5) is 10.4. The van der Waals surface area contributed by atoms with E-state index in [9.17, 15) is 18.0 Å². The first-order valence-corrected chi connectivity index (χ1v) is 3.99. The van der Waals surface area contributed by atoms with Crippen LogP contribution >= 0.6 is 23.2 Å². The van der Waals surface area contributed by atoms with Crippen molar-refractivity contribution in [3.63, 3.8) is 0 Å². The van der Waals surface area contributed by atoms with E-state index in [1.54, 1.807) is 0 Å². The summed E-state index contributed by atoms with van der Waals surface area (Å²) in [6, 6.07) is 0. The van der Waals surface area contributed by atoms with Crippen molar-refractivity contribution in [3.8, 4) is 0 Å². The Hall–Kier alpha value is -0.160. The molecule has 0 aromatic carbocycles. The molecule has 0 bridgehead atoms. The van der Waals surface area contributed by atoms with Crippen molar-refractivity contribution in [1.82, 2.24) is 0 Å². The van der Waals surface area contributed by atoms with E-state index < -0.39 is 27.8 Å². The van der Waals surface area contributed by atoms with E-state index in [1.165, 1.54) is 0 Å². The summed E-state index contributed by atoms with van der Waals surface area (Å²) in [5, 5.41) is 8.42. The van der Waals surface area contributed by atoms with Gasteiger partial charge in [-0.25, -0.2) is 0 Å². The summed E-state index contributed by atoms with van der Waals surface area (Å²) in [5.41, 5.74) is -2.55. The molecule has 2 nitrogen and oxygen atoms in total. The van der Waals surface area contributed by atoms with Crippen LogP contribution in [0, 0.1) is 11.3 Å². The lowest BCUT2D eigenvalue weighted by molar-refractivity contribution is -0.190. The monoisotopic (exact) mass is 236 g/mol. The highest BCUT2D eigenvalue weighted by molar-refractivity contribution is 6.53. The second-order valence-corrected chi connectivity index (χ2v) is 4.48. The SMILES string of the molecule is CC1(C(F)(F)F)C(C(=O)O)C1(Cl)Cl. The molecule has 2 unspecified atom stereocenters. The van der Waals surface area contributed by atoms with E-state index in [-0.39, 0.29) is 0 Å². The number of carboxylic acids is 1. The molecule has 7 heteroatoms. The molecule has 1 saturated carbocycles. The van der Waals surface area contributed by atoms with Gasteiger partial charge in [-0.3, -0.25) is 4.79 Å². The van der Waals surface area contributed by atoms with Crippen LogP contribution in [0.3, 0.4) is 0 Å². The number of hydrogen-bond acceptors (Lipinski definition) is 1. The Morgan fingerprint density at radius 3 is 1.92 bits per heavy atom. The van der Waals surface area contributed by atoms with Crippen LogP contribution in [0.4, 0.5) is 13.2 Å². The fraction of sp³-hybridized carbons (Fsp3) is 0.833. The van der Waals surface area contributed by atoms with Crippen LogP contribution in [0.2, 0.25) is 0 Å². The minimum atomic E-state index is -4.71. The Balaban J connectivity index is 3.04. The van der Waals surface area contributed by atoms with Gasteiger partial charge in [-0.2, -0.15) is 13.2 Å². The molecule has 0 heterocycles. The molecule has 1 aliphatic rings. The van der Waals surface area contributed by atoms with Crippen LogP contribution in [0.5, 0.6) is 0 Å². The van der Waals surface area contributed by atoms with Gasteiger partial charge in [0.1, 0.15) is 15.7 Å². The summed E-state index contributed by atoms with van der Waals surface area (Å²) in [5.74, 6) is -3.42. The minimum Gasteiger partial charge on any atom is -0.481 e. The van der Waals surface area contributed by atoms with Crippen LogP contribution in [0.1, 0.15) is 6.92 Å². The quantitative estimate of drug-likeness (QED) is 0.711. The summed E-state index contributed by atoms with van der Waals surface area (Å²) in [6.45, 7) is 0.700. The Morgan fingerprint density at radius 1 is 1.46 bits per heavy atom. The third-order valence-electron chi connectivity index (χ3n) is 2.38. The summed E-state index contributed by atoms with van der Waals surface area (Å²) in [6.07, 6.45) is -4.71. The van der Waals surface area contributed by atoms with Crippen molar-refractivity contribution < 1.29 is 23.1 Å². The van der Waals surface area contributed by atoms with E-state index >= 15 is 0 Å². The van der Waals surface area contributed by atoms with Gasteiger partial charge < -0.3 is 5.11 Å². The predicted molar refractivity (Wildman–Crippen MR) is 39.7 cm³/mol. The van der Waals surface area contributed by atoms with Gasteiger partial charge in [0, 0.05) is 0 Å². The predicted octanol–water partition coefficient (Wildman–Crippen LogP) is 2.44. The maximum Gasteiger partial charge on any atom is 0.398 e. The van der Waals surface area contributed by atoms with Crippen LogP contribution < -0.4 is 0 Å². The van der Waals surface area contributed by atoms with Crippen molar-refractivity contribution >= 4 is 29.2 Å². The van der Waals surface area contributed by atoms with E-state index in [1.807, 2.05) is 0 Å². The Bertz CT molecular complexity index is 263. The number of carboxylic acid groups (broad SMARTS) is 1. The molecule has 1 aliphatic carbocycles. The minimum absolute atomic E-state index is 0.700. The Labute approximate surface area is 81.6 Å². The van der Waals surface area contributed by atoms with Crippen molar-refractivity contribution in [1.29, 1.82) is 0 Å². The van der Waals surface area contributed by atoms with Crippen LogP contribution in [0.25, 0.3) is 0 Å². The second-order valence-electron chi connectivity index (χ2n) is 3.09. The average Bonchev–Trinajstić information content (AvgIpc) is 2.26. The Morgan fingerprint density at radius 2 is 1.85 bits per heavy atom. The lowest BCUT2D eigenvalue weighted by Gasteiger charge is -2.15. The number of hydrogen-bond donors (Lipinski definition) is 1. The fourth-order valence-electron chi connectivity index (χ4n) is 1.29. The smallest absolute Gasteiger partial charge is 0.398 e. The zero-order valence-corrected chi connectivity index (χ0v) is 7.83. The van der Waals surface area contributed by atoms with E-state index in [2.05, 4.69) is 0 Å². The number of rotatable bonds is 1. The first kappa shape index (κ1) is 10.9. The molecule has 0 saturated heterocycles.